The molecule has 25 heavy (non-hydrogen) atoms. The van der Waals surface area contributed by atoms with E-state index in [1.807, 2.05) is 12.1 Å². The van der Waals surface area contributed by atoms with E-state index >= 15 is 0 Å². The summed E-state index contributed by atoms with van der Waals surface area (Å²) >= 11 is 3.75. The number of nitrogens with zero attached hydrogens (tertiary/aromatic N) is 1. The summed E-state index contributed by atoms with van der Waals surface area (Å²) in [5, 5.41) is -0.339. The van der Waals surface area contributed by atoms with Crippen molar-refractivity contribution in [2.45, 2.75) is 10.3 Å². The van der Waals surface area contributed by atoms with Crippen molar-refractivity contribution in [3.63, 3.8) is 0 Å². The molecule has 1 aliphatic heterocycles. The van der Waals surface area contributed by atoms with Crippen LogP contribution in [-0.4, -0.2) is 39.2 Å². The van der Waals surface area contributed by atoms with E-state index in [9.17, 15) is 8.42 Å². The summed E-state index contributed by atoms with van der Waals surface area (Å²) in [6, 6.07) is 12.4. The van der Waals surface area contributed by atoms with E-state index in [2.05, 4.69) is 22.6 Å². The Morgan fingerprint density at radius 1 is 1.12 bits per heavy atom. The number of halogens is 1. The lowest BCUT2D eigenvalue weighted by atomic mass is 10.2. The van der Waals surface area contributed by atoms with Gasteiger partial charge in [0, 0.05) is 21.4 Å². The largest absolute Gasteiger partial charge is 0.497 e. The fraction of sp³-hybridized carbons (Fsp3) is 0.294. The second-order valence-electron chi connectivity index (χ2n) is 5.40. The molecule has 0 saturated carbocycles. The van der Waals surface area contributed by atoms with Crippen LogP contribution in [0.4, 0.5) is 0 Å². The maximum absolute atomic E-state index is 13.1. The Kier molecular flexibility index (Phi) is 5.81. The van der Waals surface area contributed by atoms with Gasteiger partial charge in [0.1, 0.15) is 11.5 Å². The van der Waals surface area contributed by atoms with Gasteiger partial charge in [-0.25, -0.2) is 8.42 Å². The molecule has 1 heterocycles. The monoisotopic (exact) mass is 491 g/mol. The highest BCUT2D eigenvalue weighted by molar-refractivity contribution is 14.1. The van der Waals surface area contributed by atoms with E-state index < -0.39 is 10.0 Å². The third-order valence-electron chi connectivity index (χ3n) is 3.97. The lowest BCUT2D eigenvalue weighted by Crippen LogP contribution is -2.30. The first kappa shape index (κ1) is 18.8. The van der Waals surface area contributed by atoms with E-state index in [0.717, 1.165) is 14.9 Å². The minimum Gasteiger partial charge on any atom is -0.497 e. The van der Waals surface area contributed by atoms with Crippen molar-refractivity contribution in [3.8, 4) is 11.5 Å². The van der Waals surface area contributed by atoms with Gasteiger partial charge in [-0.15, -0.1) is 11.8 Å². The third-order valence-corrected chi connectivity index (χ3v) is 7.95. The van der Waals surface area contributed by atoms with E-state index in [1.54, 1.807) is 56.3 Å². The van der Waals surface area contributed by atoms with Crippen molar-refractivity contribution in [2.24, 2.45) is 0 Å². The van der Waals surface area contributed by atoms with Crippen LogP contribution in [0.15, 0.2) is 47.4 Å². The minimum absolute atomic E-state index is 0.308. The number of sulfonamides is 1. The molecule has 0 aromatic heterocycles. The van der Waals surface area contributed by atoms with Crippen LogP contribution < -0.4 is 9.47 Å². The molecule has 5 nitrogen and oxygen atoms in total. The zero-order chi connectivity index (χ0) is 18.0. The Bertz CT molecular complexity index is 855. The molecule has 0 unspecified atom stereocenters. The smallest absolute Gasteiger partial charge is 0.244 e. The van der Waals surface area contributed by atoms with Crippen molar-refractivity contribution in [1.29, 1.82) is 0 Å². The highest BCUT2D eigenvalue weighted by atomic mass is 127. The molecule has 0 spiro atoms. The van der Waals surface area contributed by atoms with Crippen molar-refractivity contribution in [3.05, 3.63) is 51.6 Å². The van der Waals surface area contributed by atoms with Crippen molar-refractivity contribution < 1.29 is 17.9 Å². The highest BCUT2D eigenvalue weighted by Gasteiger charge is 2.38. The Hall–Kier alpha value is -0.970. The first-order chi connectivity index (χ1) is 12.0. The van der Waals surface area contributed by atoms with E-state index in [0.29, 0.717) is 22.9 Å². The molecular formula is C17H18INO4S2. The number of ether oxygens (including phenoxy) is 2. The molecule has 0 bridgehead atoms. The van der Waals surface area contributed by atoms with Gasteiger partial charge < -0.3 is 9.47 Å². The second kappa shape index (κ2) is 7.73. The van der Waals surface area contributed by atoms with Crippen LogP contribution in [0.5, 0.6) is 11.5 Å². The quantitative estimate of drug-likeness (QED) is 0.597. The van der Waals surface area contributed by atoms with Gasteiger partial charge in [-0.3, -0.25) is 0 Å². The summed E-state index contributed by atoms with van der Waals surface area (Å²) in [5.41, 5.74) is 0.804. The average molecular weight is 491 g/mol. The summed E-state index contributed by atoms with van der Waals surface area (Å²) in [7, 11) is -0.408. The van der Waals surface area contributed by atoms with Gasteiger partial charge in [0.15, 0.2) is 0 Å². The summed E-state index contributed by atoms with van der Waals surface area (Å²) in [6.45, 7) is 0.462. The predicted octanol–water partition coefficient (Wildman–Crippen LogP) is 3.74. The Morgan fingerprint density at radius 3 is 2.48 bits per heavy atom. The van der Waals surface area contributed by atoms with Crippen molar-refractivity contribution in [1.82, 2.24) is 4.31 Å². The highest BCUT2D eigenvalue weighted by Crippen LogP contribution is 2.45. The number of hydrogen-bond donors (Lipinski definition) is 0. The first-order valence-electron chi connectivity index (χ1n) is 7.58. The number of hydrogen-bond acceptors (Lipinski definition) is 5. The van der Waals surface area contributed by atoms with Crippen LogP contribution in [-0.2, 0) is 10.0 Å². The van der Waals surface area contributed by atoms with Gasteiger partial charge in [0.2, 0.25) is 10.0 Å². The first-order valence-corrected chi connectivity index (χ1v) is 11.1. The summed E-state index contributed by atoms with van der Waals surface area (Å²) < 4.78 is 39.5. The average Bonchev–Trinajstić information content (AvgIpc) is 3.12. The molecule has 0 N–H and O–H groups in total. The van der Waals surface area contributed by atoms with Gasteiger partial charge in [-0.1, -0.05) is 0 Å². The van der Waals surface area contributed by atoms with Crippen LogP contribution in [0.1, 0.15) is 10.9 Å². The van der Waals surface area contributed by atoms with E-state index in [1.165, 1.54) is 4.31 Å². The van der Waals surface area contributed by atoms with Gasteiger partial charge in [-0.05, 0) is 65.1 Å². The maximum atomic E-state index is 13.1. The molecule has 8 heteroatoms. The molecule has 2 aromatic carbocycles. The normalized spacial score (nSPS) is 18.3. The molecule has 1 saturated heterocycles. The molecular weight excluding hydrogens is 473 g/mol. The Morgan fingerprint density at radius 2 is 1.84 bits per heavy atom. The van der Waals surface area contributed by atoms with Crippen LogP contribution >= 0.6 is 34.4 Å². The van der Waals surface area contributed by atoms with Gasteiger partial charge in [-0.2, -0.15) is 4.31 Å². The van der Waals surface area contributed by atoms with Crippen LogP contribution in [0.25, 0.3) is 0 Å². The lowest BCUT2D eigenvalue weighted by Gasteiger charge is -2.25. The number of methoxy groups -OCH3 is 2. The van der Waals surface area contributed by atoms with Crippen molar-refractivity contribution in [2.75, 3.05) is 26.5 Å². The van der Waals surface area contributed by atoms with Crippen LogP contribution in [0.2, 0.25) is 0 Å². The van der Waals surface area contributed by atoms with Gasteiger partial charge in [0.05, 0.1) is 24.5 Å². The zero-order valence-corrected chi connectivity index (χ0v) is 17.6. The third kappa shape index (κ3) is 3.76. The molecule has 0 radical (unpaired) electrons. The summed E-state index contributed by atoms with van der Waals surface area (Å²) in [5.74, 6) is 2.06. The van der Waals surface area contributed by atoms with Gasteiger partial charge >= 0.3 is 0 Å². The molecule has 0 aliphatic carbocycles. The zero-order valence-electron chi connectivity index (χ0n) is 13.8. The van der Waals surface area contributed by atoms with Crippen LogP contribution in [0, 0.1) is 3.57 Å². The molecule has 134 valence electrons. The SMILES string of the molecule is COc1ccc(OC)c([C@@H]2SCCN2S(=O)(=O)c2ccc(I)cc2)c1. The molecule has 2 aromatic rings. The van der Waals surface area contributed by atoms with Gasteiger partial charge in [0.25, 0.3) is 0 Å². The fourth-order valence-corrected chi connectivity index (χ4v) is 6.33. The number of rotatable bonds is 5. The molecule has 3 rings (SSSR count). The van der Waals surface area contributed by atoms with E-state index in [4.69, 9.17) is 9.47 Å². The second-order valence-corrected chi connectivity index (χ2v) is 9.72. The summed E-state index contributed by atoms with van der Waals surface area (Å²) in [6.07, 6.45) is 0. The Labute approximate surface area is 165 Å². The molecule has 0 amide bonds. The topological polar surface area (TPSA) is 55.8 Å². The lowest BCUT2D eigenvalue weighted by molar-refractivity contribution is 0.382. The molecule has 1 atom stereocenters. The fourth-order valence-electron chi connectivity index (χ4n) is 2.72. The molecule has 1 fully saturated rings. The predicted molar refractivity (Wildman–Crippen MR) is 108 cm³/mol. The molecule has 1 aliphatic rings. The number of benzene rings is 2. The summed E-state index contributed by atoms with van der Waals surface area (Å²) in [4.78, 5) is 0.308. The van der Waals surface area contributed by atoms with E-state index in [-0.39, 0.29) is 5.37 Å². The van der Waals surface area contributed by atoms with Crippen molar-refractivity contribution >= 4 is 44.4 Å². The van der Waals surface area contributed by atoms with Crippen LogP contribution in [0.3, 0.4) is 0 Å². The maximum Gasteiger partial charge on any atom is 0.244 e. The minimum atomic E-state index is -3.58. The standard InChI is InChI=1S/C17H18INO4S2/c1-22-13-5-8-16(23-2)15(11-13)17-19(9-10-24-17)25(20,21)14-6-3-12(18)4-7-14/h3-8,11,17H,9-10H2,1-2H3/t17-/m0/s1. The Balaban J connectivity index is 2.02. The number of thioether (sulfide) groups is 1.